The van der Waals surface area contributed by atoms with Crippen LogP contribution in [0.5, 0.6) is 11.5 Å². The lowest BCUT2D eigenvalue weighted by molar-refractivity contribution is -0.119. The SMILES string of the molecule is CCOC(=O)c1sc(NC(=O)COC(=O)c2ccccc2Oc2cccnc2)cc1C. The Bertz CT molecular complexity index is 1080. The van der Waals surface area contributed by atoms with E-state index in [0.29, 0.717) is 21.2 Å². The van der Waals surface area contributed by atoms with E-state index in [-0.39, 0.29) is 17.9 Å². The Morgan fingerprint density at radius 3 is 2.61 bits per heavy atom. The number of rotatable bonds is 8. The predicted octanol–water partition coefficient (Wildman–Crippen LogP) is 4.22. The molecule has 1 N–H and O–H groups in total. The summed E-state index contributed by atoms with van der Waals surface area (Å²) in [6.07, 6.45) is 3.12. The Kier molecular flexibility index (Phi) is 7.34. The van der Waals surface area contributed by atoms with Crippen LogP contribution in [-0.2, 0) is 14.3 Å². The summed E-state index contributed by atoms with van der Waals surface area (Å²) in [7, 11) is 0. The largest absolute Gasteiger partial charge is 0.462 e. The van der Waals surface area contributed by atoms with E-state index in [9.17, 15) is 14.4 Å². The van der Waals surface area contributed by atoms with Crippen LogP contribution in [0.15, 0.2) is 54.9 Å². The third kappa shape index (κ3) is 5.89. The summed E-state index contributed by atoms with van der Waals surface area (Å²) in [4.78, 5) is 40.9. The van der Waals surface area contributed by atoms with Gasteiger partial charge >= 0.3 is 11.9 Å². The van der Waals surface area contributed by atoms with Gasteiger partial charge in [0.15, 0.2) is 6.61 Å². The van der Waals surface area contributed by atoms with Crippen LogP contribution in [0.3, 0.4) is 0 Å². The van der Waals surface area contributed by atoms with Gasteiger partial charge in [-0.15, -0.1) is 11.3 Å². The van der Waals surface area contributed by atoms with E-state index in [4.69, 9.17) is 14.2 Å². The first kappa shape index (κ1) is 22.0. The molecule has 0 spiro atoms. The number of ether oxygens (including phenoxy) is 3. The molecule has 0 aliphatic rings. The average molecular weight is 440 g/mol. The summed E-state index contributed by atoms with van der Waals surface area (Å²) in [6, 6.07) is 11.6. The van der Waals surface area contributed by atoms with Crippen LogP contribution >= 0.6 is 11.3 Å². The number of anilines is 1. The van der Waals surface area contributed by atoms with Gasteiger partial charge in [0, 0.05) is 6.20 Å². The zero-order chi connectivity index (χ0) is 22.2. The van der Waals surface area contributed by atoms with Crippen LogP contribution in [0.4, 0.5) is 5.00 Å². The average Bonchev–Trinajstić information content (AvgIpc) is 3.13. The van der Waals surface area contributed by atoms with Crippen molar-refractivity contribution in [3.63, 3.8) is 0 Å². The Morgan fingerprint density at radius 2 is 1.87 bits per heavy atom. The number of para-hydroxylation sites is 1. The number of carbonyl (C=O) groups excluding carboxylic acids is 3. The summed E-state index contributed by atoms with van der Waals surface area (Å²) in [5.41, 5.74) is 0.868. The monoisotopic (exact) mass is 440 g/mol. The fourth-order valence-corrected chi connectivity index (χ4v) is 3.57. The molecule has 2 heterocycles. The molecule has 3 aromatic rings. The lowest BCUT2D eigenvalue weighted by atomic mass is 10.2. The number of aromatic nitrogens is 1. The van der Waals surface area contributed by atoms with Crippen molar-refractivity contribution in [2.75, 3.05) is 18.5 Å². The van der Waals surface area contributed by atoms with Crippen molar-refractivity contribution in [3.05, 3.63) is 70.9 Å². The van der Waals surface area contributed by atoms with Gasteiger partial charge in [0.1, 0.15) is 21.9 Å². The highest BCUT2D eigenvalue weighted by Crippen LogP contribution is 2.28. The zero-order valence-electron chi connectivity index (χ0n) is 16.9. The topological polar surface area (TPSA) is 104 Å². The van der Waals surface area contributed by atoms with Gasteiger partial charge in [-0.25, -0.2) is 9.59 Å². The second-order valence-electron chi connectivity index (χ2n) is 6.25. The van der Waals surface area contributed by atoms with Crippen molar-refractivity contribution in [1.82, 2.24) is 4.98 Å². The van der Waals surface area contributed by atoms with Crippen LogP contribution in [0.2, 0.25) is 0 Å². The minimum atomic E-state index is -0.704. The number of thiophene rings is 1. The van der Waals surface area contributed by atoms with Gasteiger partial charge in [-0.05, 0) is 49.7 Å². The molecule has 0 bridgehead atoms. The maximum atomic E-state index is 12.5. The lowest BCUT2D eigenvalue weighted by Gasteiger charge is -2.10. The van der Waals surface area contributed by atoms with E-state index in [1.807, 2.05) is 0 Å². The molecular weight excluding hydrogens is 420 g/mol. The summed E-state index contributed by atoms with van der Waals surface area (Å²) >= 11 is 1.10. The Hall–Kier alpha value is -3.72. The zero-order valence-corrected chi connectivity index (χ0v) is 17.7. The molecule has 9 heteroatoms. The van der Waals surface area contributed by atoms with Crippen molar-refractivity contribution in [1.29, 1.82) is 0 Å². The third-order valence-corrected chi connectivity index (χ3v) is 5.08. The van der Waals surface area contributed by atoms with Gasteiger partial charge < -0.3 is 19.5 Å². The first-order chi connectivity index (χ1) is 15.0. The van der Waals surface area contributed by atoms with Crippen molar-refractivity contribution in [2.45, 2.75) is 13.8 Å². The van der Waals surface area contributed by atoms with E-state index in [1.54, 1.807) is 62.5 Å². The van der Waals surface area contributed by atoms with Crippen molar-refractivity contribution >= 4 is 34.2 Å². The smallest absolute Gasteiger partial charge is 0.348 e. The van der Waals surface area contributed by atoms with Crippen molar-refractivity contribution in [2.24, 2.45) is 0 Å². The van der Waals surface area contributed by atoms with E-state index < -0.39 is 24.5 Å². The molecular formula is C22H20N2O6S. The third-order valence-electron chi connectivity index (χ3n) is 3.94. The summed E-state index contributed by atoms with van der Waals surface area (Å²) in [5.74, 6) is -0.929. The molecule has 0 atom stereocenters. The normalized spacial score (nSPS) is 10.3. The van der Waals surface area contributed by atoms with Gasteiger partial charge in [0.2, 0.25) is 0 Å². The molecule has 0 saturated heterocycles. The van der Waals surface area contributed by atoms with Gasteiger partial charge in [-0.3, -0.25) is 9.78 Å². The fourth-order valence-electron chi connectivity index (χ4n) is 2.58. The van der Waals surface area contributed by atoms with E-state index >= 15 is 0 Å². The van der Waals surface area contributed by atoms with Crippen LogP contribution in [0.1, 0.15) is 32.5 Å². The predicted molar refractivity (Wildman–Crippen MR) is 115 cm³/mol. The minimum absolute atomic E-state index is 0.177. The molecule has 0 unspecified atom stereocenters. The molecule has 8 nitrogen and oxygen atoms in total. The van der Waals surface area contributed by atoms with Gasteiger partial charge in [0.05, 0.1) is 17.8 Å². The van der Waals surface area contributed by atoms with E-state index in [2.05, 4.69) is 10.3 Å². The number of benzene rings is 1. The number of hydrogen-bond acceptors (Lipinski definition) is 8. The highest BCUT2D eigenvalue weighted by Gasteiger charge is 2.18. The summed E-state index contributed by atoms with van der Waals surface area (Å²) in [6.45, 7) is 3.24. The van der Waals surface area contributed by atoms with Crippen LogP contribution in [0.25, 0.3) is 0 Å². The maximum absolute atomic E-state index is 12.5. The van der Waals surface area contributed by atoms with Crippen LogP contribution in [-0.4, -0.2) is 36.0 Å². The second-order valence-corrected chi connectivity index (χ2v) is 7.31. The number of pyridine rings is 1. The number of nitrogens with one attached hydrogen (secondary N) is 1. The van der Waals surface area contributed by atoms with Crippen molar-refractivity contribution < 1.29 is 28.6 Å². The summed E-state index contributed by atoms with van der Waals surface area (Å²) in [5, 5.41) is 3.08. The summed E-state index contributed by atoms with van der Waals surface area (Å²) < 4.78 is 15.8. The molecule has 0 saturated carbocycles. The molecule has 0 radical (unpaired) electrons. The standard InChI is InChI=1S/C22H20N2O6S/c1-3-28-22(27)20-14(2)11-19(31-20)24-18(25)13-29-21(26)16-8-4-5-9-17(16)30-15-7-6-10-23-12-15/h4-12H,3,13H2,1-2H3,(H,24,25). The number of nitrogens with zero attached hydrogens (tertiary/aromatic N) is 1. The Morgan fingerprint density at radius 1 is 1.06 bits per heavy atom. The highest BCUT2D eigenvalue weighted by atomic mass is 32.1. The Balaban J connectivity index is 1.59. The minimum Gasteiger partial charge on any atom is -0.462 e. The number of carbonyl (C=O) groups is 3. The van der Waals surface area contributed by atoms with E-state index in [0.717, 1.165) is 11.3 Å². The Labute approximate surface area is 182 Å². The number of hydrogen-bond donors (Lipinski definition) is 1. The molecule has 0 aliphatic heterocycles. The van der Waals surface area contributed by atoms with Gasteiger partial charge in [-0.1, -0.05) is 12.1 Å². The first-order valence-corrected chi connectivity index (χ1v) is 10.2. The van der Waals surface area contributed by atoms with Gasteiger partial charge in [-0.2, -0.15) is 0 Å². The van der Waals surface area contributed by atoms with Crippen LogP contribution < -0.4 is 10.1 Å². The van der Waals surface area contributed by atoms with E-state index in [1.165, 1.54) is 6.20 Å². The molecule has 3 rings (SSSR count). The molecule has 1 amide bonds. The number of amides is 1. The molecule has 0 aliphatic carbocycles. The van der Waals surface area contributed by atoms with Gasteiger partial charge in [0.25, 0.3) is 5.91 Å². The van der Waals surface area contributed by atoms with Crippen LogP contribution in [0, 0.1) is 6.92 Å². The van der Waals surface area contributed by atoms with Crippen molar-refractivity contribution in [3.8, 4) is 11.5 Å². The molecule has 0 fully saturated rings. The number of esters is 2. The fraction of sp³-hybridized carbons (Fsp3) is 0.182. The highest BCUT2D eigenvalue weighted by molar-refractivity contribution is 7.18. The number of aryl methyl sites for hydroxylation is 1. The molecule has 160 valence electrons. The second kappa shape index (κ2) is 10.4. The molecule has 31 heavy (non-hydrogen) atoms. The lowest BCUT2D eigenvalue weighted by Crippen LogP contribution is -2.20. The first-order valence-electron chi connectivity index (χ1n) is 9.39. The molecule has 1 aromatic carbocycles. The molecule has 2 aromatic heterocycles. The quantitative estimate of drug-likeness (QED) is 0.523. The maximum Gasteiger partial charge on any atom is 0.348 e.